The molecule has 2 nitrogen and oxygen atoms in total. The van der Waals surface area contributed by atoms with Gasteiger partial charge in [-0.25, -0.2) is 0 Å². The molecule has 0 unspecified atom stereocenters. The Kier molecular flexibility index (Phi) is 8.22. The Bertz CT molecular complexity index is 3120. The van der Waals surface area contributed by atoms with Gasteiger partial charge < -0.3 is 9.32 Å². The van der Waals surface area contributed by atoms with Crippen molar-refractivity contribution in [3.8, 4) is 33.4 Å². The highest BCUT2D eigenvalue weighted by Gasteiger charge is 2.24. The molecule has 1 heterocycles. The first kappa shape index (κ1) is 33.9. The summed E-state index contributed by atoms with van der Waals surface area (Å²) in [4.78, 5) is 2.48. The first-order valence-corrected chi connectivity index (χ1v) is 19.4. The summed E-state index contributed by atoms with van der Waals surface area (Å²) in [6.45, 7) is 0. The summed E-state index contributed by atoms with van der Waals surface area (Å²) in [5.41, 5.74) is 17.7. The number of anilines is 3. The fourth-order valence-electron chi connectivity index (χ4n) is 8.97. The molecule has 260 valence electrons. The van der Waals surface area contributed by atoms with E-state index in [-0.39, 0.29) is 0 Å². The van der Waals surface area contributed by atoms with Crippen molar-refractivity contribution < 1.29 is 4.42 Å². The van der Waals surface area contributed by atoms with E-state index in [0.717, 1.165) is 49.8 Å². The Morgan fingerprint density at radius 1 is 0.393 bits per heavy atom. The average molecular weight is 711 g/mol. The summed E-state index contributed by atoms with van der Waals surface area (Å²) in [6.07, 6.45) is 0. The van der Waals surface area contributed by atoms with Gasteiger partial charge in [0.2, 0.25) is 0 Å². The van der Waals surface area contributed by atoms with Crippen LogP contribution in [0.5, 0.6) is 0 Å². The second-order valence-electron chi connectivity index (χ2n) is 15.0. The second kappa shape index (κ2) is 13.6. The smallest absolute Gasteiger partial charge is 0.143 e. The van der Waals surface area contributed by atoms with Gasteiger partial charge in [0.25, 0.3) is 0 Å². The highest BCUT2D eigenvalue weighted by atomic mass is 16.3. The maximum Gasteiger partial charge on any atom is 0.143 e. The van der Waals surface area contributed by atoms with Crippen molar-refractivity contribution in [2.24, 2.45) is 0 Å². The summed E-state index contributed by atoms with van der Waals surface area (Å²) >= 11 is 0. The number of benzene rings is 9. The molecule has 6 heteroatoms. The SMILES string of the molecule is Bc1c(B)c(N(c2cccc(-c3cccc4ccccc34)c2)c2cccc(-c3cccc4oc5c6ccccc6ccc5c34)c2)c(B)c(B)c1-c1ccccc1. The summed E-state index contributed by atoms with van der Waals surface area (Å²) in [5, 5.41) is 7.07. The monoisotopic (exact) mass is 711 g/mol. The quantitative estimate of drug-likeness (QED) is 0.167. The topological polar surface area (TPSA) is 16.4 Å². The van der Waals surface area contributed by atoms with E-state index in [9.17, 15) is 0 Å². The van der Waals surface area contributed by atoms with Crippen molar-refractivity contribution in [1.82, 2.24) is 0 Å². The molecule has 0 spiro atoms. The van der Waals surface area contributed by atoms with Gasteiger partial charge in [0.1, 0.15) is 42.6 Å². The van der Waals surface area contributed by atoms with Crippen LogP contribution in [0.3, 0.4) is 0 Å². The van der Waals surface area contributed by atoms with Gasteiger partial charge in [0, 0.05) is 33.2 Å². The average Bonchev–Trinajstić information content (AvgIpc) is 3.64. The second-order valence-corrected chi connectivity index (χ2v) is 15.0. The van der Waals surface area contributed by atoms with Crippen LogP contribution in [0.25, 0.3) is 76.9 Å². The third-order valence-electron chi connectivity index (χ3n) is 11.9. The van der Waals surface area contributed by atoms with Crippen molar-refractivity contribution in [1.29, 1.82) is 0 Å². The van der Waals surface area contributed by atoms with Crippen LogP contribution in [0, 0.1) is 0 Å². The van der Waals surface area contributed by atoms with Gasteiger partial charge in [-0.2, -0.15) is 0 Å². The van der Waals surface area contributed by atoms with Crippen LogP contribution in [0.1, 0.15) is 0 Å². The van der Waals surface area contributed by atoms with Crippen LogP contribution < -0.4 is 26.8 Å². The highest BCUT2D eigenvalue weighted by Crippen LogP contribution is 2.42. The van der Waals surface area contributed by atoms with E-state index >= 15 is 0 Å². The van der Waals surface area contributed by atoms with Crippen LogP contribution in [-0.4, -0.2) is 31.4 Å². The zero-order chi connectivity index (χ0) is 37.9. The molecule has 0 aliphatic rings. The Balaban J connectivity index is 1.21. The molecule has 0 saturated heterocycles. The Morgan fingerprint density at radius 2 is 0.929 bits per heavy atom. The Hall–Kier alpha value is -6.64. The number of fused-ring (bicyclic) bond motifs is 6. The normalized spacial score (nSPS) is 11.5. The largest absolute Gasteiger partial charge is 0.455 e. The van der Waals surface area contributed by atoms with Crippen molar-refractivity contribution in [3.63, 3.8) is 0 Å². The van der Waals surface area contributed by atoms with Crippen LogP contribution in [-0.2, 0) is 0 Å². The number of nitrogens with zero attached hydrogens (tertiary/aromatic N) is 1. The first-order valence-electron chi connectivity index (χ1n) is 19.4. The molecule has 1 aromatic heterocycles. The van der Waals surface area contributed by atoms with Crippen molar-refractivity contribution in [3.05, 3.63) is 176 Å². The lowest BCUT2D eigenvalue weighted by Gasteiger charge is -2.33. The molecule has 10 aromatic rings. The van der Waals surface area contributed by atoms with Crippen LogP contribution in [0.15, 0.2) is 180 Å². The lowest BCUT2D eigenvalue weighted by molar-refractivity contribution is 0.673. The van der Waals surface area contributed by atoms with E-state index in [0.29, 0.717) is 0 Å². The van der Waals surface area contributed by atoms with E-state index in [1.807, 2.05) is 0 Å². The minimum atomic E-state index is 0.897. The Labute approximate surface area is 331 Å². The molecule has 0 aliphatic carbocycles. The predicted molar refractivity (Wildman–Crippen MR) is 252 cm³/mol. The van der Waals surface area contributed by atoms with E-state index in [2.05, 4.69) is 212 Å². The molecular formula is C50H37B4NO. The van der Waals surface area contributed by atoms with Gasteiger partial charge in [-0.3, -0.25) is 0 Å². The van der Waals surface area contributed by atoms with Crippen LogP contribution >= 0.6 is 0 Å². The highest BCUT2D eigenvalue weighted by molar-refractivity contribution is 6.63. The van der Waals surface area contributed by atoms with E-state index in [1.165, 1.54) is 66.0 Å². The van der Waals surface area contributed by atoms with Crippen molar-refractivity contribution in [2.45, 2.75) is 0 Å². The van der Waals surface area contributed by atoms with E-state index < -0.39 is 0 Å². The number of hydrogen-bond acceptors (Lipinski definition) is 2. The molecule has 0 aliphatic heterocycles. The molecule has 56 heavy (non-hydrogen) atoms. The van der Waals surface area contributed by atoms with Crippen molar-refractivity contribution in [2.75, 3.05) is 4.90 Å². The molecule has 9 aromatic carbocycles. The van der Waals surface area contributed by atoms with Crippen molar-refractivity contribution >= 4 is 114 Å². The number of furan rings is 1. The van der Waals surface area contributed by atoms with Crippen LogP contribution in [0.4, 0.5) is 17.1 Å². The van der Waals surface area contributed by atoms with E-state index in [1.54, 1.807) is 0 Å². The number of rotatable bonds is 6. The summed E-state index contributed by atoms with van der Waals surface area (Å²) in [7, 11) is 9.14. The maximum absolute atomic E-state index is 6.62. The lowest BCUT2D eigenvalue weighted by Crippen LogP contribution is -2.46. The predicted octanol–water partition coefficient (Wildman–Crippen LogP) is 7.40. The standard InChI is InChI=1S/C50H37B4NO/c51-45-43(32-14-2-1-3-15-32)46(52)48(54)49(47(45)53)55(35-19-8-17-33(28-35)38-23-10-16-30-12-4-6-21-37(30)38)36-20-9-18-34(29-36)39-24-11-25-42-44(39)41-27-26-31-13-5-7-22-40(31)50(41)56-42/h1-29H,51-54H2. The molecule has 0 amide bonds. The molecule has 0 saturated carbocycles. The molecule has 0 atom stereocenters. The fourth-order valence-corrected chi connectivity index (χ4v) is 8.97. The fraction of sp³-hybridized carbons (Fsp3) is 0. The summed E-state index contributed by atoms with van der Waals surface area (Å²) in [5.74, 6) is 0. The summed E-state index contributed by atoms with van der Waals surface area (Å²) < 4.78 is 6.62. The zero-order valence-electron chi connectivity index (χ0n) is 32.1. The molecule has 0 radical (unpaired) electrons. The molecule has 0 fully saturated rings. The minimum absolute atomic E-state index is 0.897. The third kappa shape index (κ3) is 5.47. The third-order valence-corrected chi connectivity index (χ3v) is 11.9. The lowest BCUT2D eigenvalue weighted by atomic mass is 9.64. The molecule has 0 N–H and O–H groups in total. The van der Waals surface area contributed by atoms with Gasteiger partial charge >= 0.3 is 0 Å². The van der Waals surface area contributed by atoms with E-state index in [4.69, 9.17) is 4.42 Å². The molecule has 10 rings (SSSR count). The van der Waals surface area contributed by atoms with Gasteiger partial charge in [0.15, 0.2) is 0 Å². The first-order chi connectivity index (χ1) is 27.5. The number of hydrogen-bond donors (Lipinski definition) is 0. The zero-order valence-corrected chi connectivity index (χ0v) is 32.1. The summed E-state index contributed by atoms with van der Waals surface area (Å²) in [6, 6.07) is 63.5. The van der Waals surface area contributed by atoms with Gasteiger partial charge in [-0.05, 0) is 85.9 Å². The molecular weight excluding hydrogens is 674 g/mol. The maximum atomic E-state index is 6.62. The Morgan fingerprint density at radius 3 is 1.64 bits per heavy atom. The minimum Gasteiger partial charge on any atom is -0.455 e. The van der Waals surface area contributed by atoms with Gasteiger partial charge in [-0.15, -0.1) is 0 Å². The molecule has 0 bridgehead atoms. The van der Waals surface area contributed by atoms with Crippen LogP contribution in [0.2, 0.25) is 0 Å². The van der Waals surface area contributed by atoms with Gasteiger partial charge in [-0.1, -0.05) is 161 Å². The van der Waals surface area contributed by atoms with Gasteiger partial charge in [0.05, 0.1) is 0 Å².